The topological polar surface area (TPSA) is 93.6 Å². The van der Waals surface area contributed by atoms with Crippen LogP contribution >= 0.6 is 0 Å². The second-order valence-corrected chi connectivity index (χ2v) is 6.55. The molecule has 0 spiro atoms. The van der Waals surface area contributed by atoms with E-state index < -0.39 is 10.0 Å². The summed E-state index contributed by atoms with van der Waals surface area (Å²) in [6.07, 6.45) is 2.02. The smallest absolute Gasteiger partial charge is 0.261 e. The third-order valence-corrected chi connectivity index (χ3v) is 4.41. The Kier molecular flexibility index (Phi) is 3.11. The summed E-state index contributed by atoms with van der Waals surface area (Å²) >= 11 is 0. The molecule has 2 heterocycles. The minimum atomic E-state index is -3.73. The number of anilines is 1. The second-order valence-electron chi connectivity index (χ2n) is 4.99. The summed E-state index contributed by atoms with van der Waals surface area (Å²) in [6, 6.07) is 6.24. The van der Waals surface area contributed by atoms with E-state index in [9.17, 15) is 13.2 Å². The van der Waals surface area contributed by atoms with Gasteiger partial charge in [-0.15, -0.1) is 0 Å². The first-order chi connectivity index (χ1) is 9.86. The molecule has 2 aromatic rings. The fourth-order valence-corrected chi connectivity index (χ4v) is 3.04. The highest BCUT2D eigenvalue weighted by Gasteiger charge is 2.27. The second kappa shape index (κ2) is 4.71. The maximum Gasteiger partial charge on any atom is 0.261 e. The number of primary sulfonamides is 1. The molecule has 6 nitrogen and oxygen atoms in total. The molecule has 0 fully saturated rings. The molecule has 0 unspecified atom stereocenters. The van der Waals surface area contributed by atoms with Crippen molar-refractivity contribution >= 4 is 21.6 Å². The number of nitrogens with two attached hydrogens (primary N) is 1. The predicted molar refractivity (Wildman–Crippen MR) is 76.6 cm³/mol. The standard InChI is InChI=1S/C14H14N2O4S/c1-9-6-11(8-20-9)14(17)16-5-4-10-7-12(21(15,18)19)2-3-13(10)16/h2-3,6-8H,4-5H2,1H3,(H2,15,18,19). The van der Waals surface area contributed by atoms with Gasteiger partial charge in [0.25, 0.3) is 5.91 Å². The Morgan fingerprint density at radius 1 is 1.33 bits per heavy atom. The Balaban J connectivity index is 1.96. The van der Waals surface area contributed by atoms with Gasteiger partial charge in [-0.1, -0.05) is 0 Å². The van der Waals surface area contributed by atoms with Gasteiger partial charge in [-0.3, -0.25) is 4.79 Å². The Bertz CT molecular complexity index is 823. The number of nitrogens with zero attached hydrogens (tertiary/aromatic N) is 1. The van der Waals surface area contributed by atoms with Crippen LogP contribution in [0.25, 0.3) is 0 Å². The third-order valence-electron chi connectivity index (χ3n) is 3.50. The number of carbonyl (C=O) groups excluding carboxylic acids is 1. The molecule has 1 amide bonds. The van der Waals surface area contributed by atoms with Gasteiger partial charge < -0.3 is 9.32 Å². The van der Waals surface area contributed by atoms with Crippen LogP contribution in [0.4, 0.5) is 5.69 Å². The number of aryl methyl sites for hydroxylation is 1. The molecule has 1 aromatic heterocycles. The number of sulfonamides is 1. The van der Waals surface area contributed by atoms with E-state index in [0.29, 0.717) is 30.0 Å². The van der Waals surface area contributed by atoms with Crippen molar-refractivity contribution in [1.29, 1.82) is 0 Å². The lowest BCUT2D eigenvalue weighted by molar-refractivity contribution is 0.0989. The summed E-state index contributed by atoms with van der Waals surface area (Å²) in [7, 11) is -3.73. The maximum absolute atomic E-state index is 12.4. The van der Waals surface area contributed by atoms with Crippen LogP contribution in [0.3, 0.4) is 0 Å². The molecule has 0 aliphatic carbocycles. The number of rotatable bonds is 2. The maximum atomic E-state index is 12.4. The number of carbonyl (C=O) groups is 1. The quantitative estimate of drug-likeness (QED) is 0.908. The van der Waals surface area contributed by atoms with Crippen molar-refractivity contribution in [3.8, 4) is 0 Å². The van der Waals surface area contributed by atoms with Crippen LogP contribution in [-0.2, 0) is 16.4 Å². The molecule has 0 saturated carbocycles. The van der Waals surface area contributed by atoms with Gasteiger partial charge in [0.1, 0.15) is 12.0 Å². The van der Waals surface area contributed by atoms with Gasteiger partial charge in [0.05, 0.1) is 10.5 Å². The summed E-state index contributed by atoms with van der Waals surface area (Å²) in [5.41, 5.74) is 2.00. The van der Waals surface area contributed by atoms with Crippen LogP contribution in [0.5, 0.6) is 0 Å². The number of amides is 1. The van der Waals surface area contributed by atoms with Gasteiger partial charge in [-0.2, -0.15) is 0 Å². The number of hydrogen-bond acceptors (Lipinski definition) is 4. The average Bonchev–Trinajstić information content (AvgIpc) is 3.02. The number of hydrogen-bond donors (Lipinski definition) is 1. The molecule has 110 valence electrons. The molecule has 21 heavy (non-hydrogen) atoms. The minimum Gasteiger partial charge on any atom is -0.469 e. The van der Waals surface area contributed by atoms with E-state index in [0.717, 1.165) is 5.56 Å². The first-order valence-corrected chi connectivity index (χ1v) is 7.93. The number of fused-ring (bicyclic) bond motifs is 1. The van der Waals surface area contributed by atoms with E-state index in [4.69, 9.17) is 9.56 Å². The van der Waals surface area contributed by atoms with Gasteiger partial charge in [-0.25, -0.2) is 13.6 Å². The summed E-state index contributed by atoms with van der Waals surface area (Å²) < 4.78 is 27.9. The summed E-state index contributed by atoms with van der Waals surface area (Å²) in [4.78, 5) is 14.1. The van der Waals surface area contributed by atoms with Crippen LogP contribution in [0.1, 0.15) is 21.7 Å². The van der Waals surface area contributed by atoms with Crippen LogP contribution < -0.4 is 10.0 Å². The van der Waals surface area contributed by atoms with Crippen molar-refractivity contribution in [3.05, 3.63) is 47.4 Å². The Morgan fingerprint density at radius 2 is 2.10 bits per heavy atom. The van der Waals surface area contributed by atoms with Crippen molar-refractivity contribution in [2.75, 3.05) is 11.4 Å². The molecule has 0 saturated heterocycles. The summed E-state index contributed by atoms with van der Waals surface area (Å²) in [6.45, 7) is 2.28. The van der Waals surface area contributed by atoms with Gasteiger partial charge in [0.15, 0.2) is 0 Å². The SMILES string of the molecule is Cc1cc(C(=O)N2CCc3cc(S(N)(=O)=O)ccc32)co1. The van der Waals surface area contributed by atoms with Crippen molar-refractivity contribution in [1.82, 2.24) is 0 Å². The van der Waals surface area contributed by atoms with Crippen molar-refractivity contribution < 1.29 is 17.6 Å². The summed E-state index contributed by atoms with van der Waals surface area (Å²) in [5, 5.41) is 5.12. The monoisotopic (exact) mass is 306 g/mol. The van der Waals surface area contributed by atoms with Crippen molar-refractivity contribution in [3.63, 3.8) is 0 Å². The van der Waals surface area contributed by atoms with Crippen LogP contribution in [0.15, 0.2) is 39.8 Å². The van der Waals surface area contributed by atoms with Crippen LogP contribution in [0.2, 0.25) is 0 Å². The fraction of sp³-hybridized carbons (Fsp3) is 0.214. The largest absolute Gasteiger partial charge is 0.469 e. The zero-order valence-electron chi connectivity index (χ0n) is 11.4. The van der Waals surface area contributed by atoms with Crippen molar-refractivity contribution in [2.24, 2.45) is 5.14 Å². The lowest BCUT2D eigenvalue weighted by atomic mass is 10.2. The van der Waals surface area contributed by atoms with Gasteiger partial charge in [0, 0.05) is 12.2 Å². The Morgan fingerprint density at radius 3 is 2.71 bits per heavy atom. The highest BCUT2D eigenvalue weighted by atomic mass is 32.2. The summed E-state index contributed by atoms with van der Waals surface area (Å²) in [5.74, 6) is 0.510. The van der Waals surface area contributed by atoms with Crippen molar-refractivity contribution in [2.45, 2.75) is 18.2 Å². The normalized spacial score (nSPS) is 14.3. The molecular formula is C14H14N2O4S. The molecule has 0 bridgehead atoms. The molecule has 7 heteroatoms. The first-order valence-electron chi connectivity index (χ1n) is 6.39. The zero-order chi connectivity index (χ0) is 15.2. The lowest BCUT2D eigenvalue weighted by Gasteiger charge is -2.16. The molecule has 1 aliphatic heterocycles. The molecule has 3 rings (SSSR count). The minimum absolute atomic E-state index is 0.0645. The lowest BCUT2D eigenvalue weighted by Crippen LogP contribution is -2.28. The van der Waals surface area contributed by atoms with E-state index in [-0.39, 0.29) is 10.8 Å². The van der Waals surface area contributed by atoms with Gasteiger partial charge >= 0.3 is 0 Å². The molecule has 1 aliphatic rings. The van der Waals surface area contributed by atoms with Gasteiger partial charge in [0.2, 0.25) is 10.0 Å². The average molecular weight is 306 g/mol. The zero-order valence-corrected chi connectivity index (χ0v) is 12.2. The molecule has 0 radical (unpaired) electrons. The van der Waals surface area contributed by atoms with E-state index >= 15 is 0 Å². The Labute approximate surface area is 122 Å². The molecule has 0 atom stereocenters. The van der Waals surface area contributed by atoms with Gasteiger partial charge in [-0.05, 0) is 43.2 Å². The highest BCUT2D eigenvalue weighted by molar-refractivity contribution is 7.89. The van der Waals surface area contributed by atoms with Crippen LogP contribution in [-0.4, -0.2) is 20.9 Å². The third kappa shape index (κ3) is 2.45. The molecular weight excluding hydrogens is 292 g/mol. The van der Waals surface area contributed by atoms with E-state index in [1.165, 1.54) is 18.4 Å². The highest BCUT2D eigenvalue weighted by Crippen LogP contribution is 2.31. The van der Waals surface area contributed by atoms with E-state index in [2.05, 4.69) is 0 Å². The van der Waals surface area contributed by atoms with E-state index in [1.54, 1.807) is 24.0 Å². The van der Waals surface area contributed by atoms with Crippen LogP contribution in [0, 0.1) is 6.92 Å². The molecule has 1 aromatic carbocycles. The fourth-order valence-electron chi connectivity index (χ4n) is 2.48. The predicted octanol–water partition coefficient (Wildman–Crippen LogP) is 1.44. The molecule has 2 N–H and O–H groups in total. The first kappa shape index (κ1) is 13.8. The number of furan rings is 1. The Hall–Kier alpha value is -2.12. The van der Waals surface area contributed by atoms with E-state index in [1.807, 2.05) is 0 Å². The number of benzene rings is 1.